The minimum atomic E-state index is -0.979. The number of aliphatic hydroxyl groups excluding tert-OH is 1. The Morgan fingerprint density at radius 1 is 1.14 bits per heavy atom. The van der Waals surface area contributed by atoms with Gasteiger partial charge in [0.2, 0.25) is 6.29 Å². The molecule has 0 radical (unpaired) electrons. The van der Waals surface area contributed by atoms with Crippen LogP contribution in [0.25, 0.3) is 0 Å². The molecule has 2 N–H and O–H groups in total. The maximum absolute atomic E-state index is 11.3. The average molecular weight is 300 g/mol. The Bertz CT molecular complexity index is 693. The lowest BCUT2D eigenvalue weighted by Crippen LogP contribution is -2.26. The van der Waals surface area contributed by atoms with E-state index >= 15 is 0 Å². The molecule has 0 amide bonds. The zero-order valence-corrected chi connectivity index (χ0v) is 12.0. The number of ketones is 2. The van der Waals surface area contributed by atoms with Gasteiger partial charge in [0.15, 0.2) is 11.6 Å². The number of carbonyl (C=O) groups is 2. The topological polar surface area (TPSA) is 83.8 Å². The van der Waals surface area contributed by atoms with Crippen molar-refractivity contribution < 1.29 is 24.5 Å². The van der Waals surface area contributed by atoms with Crippen LogP contribution in [0.2, 0.25) is 0 Å². The van der Waals surface area contributed by atoms with E-state index in [4.69, 9.17) is 14.9 Å². The summed E-state index contributed by atoms with van der Waals surface area (Å²) in [5, 5.41) is 18.1. The standard InChI is InChI=1S/C9H8O3.C8H8O2/c10-7-5-9(11)12-8-4-2-1-3-6(7)8;1-6(9)7-4-2-3-5-8(7)10/h1-4,9,11H,5H2;2-5,10H,1H3. The zero-order valence-electron chi connectivity index (χ0n) is 12.0. The van der Waals surface area contributed by atoms with E-state index < -0.39 is 6.29 Å². The largest absolute Gasteiger partial charge is 0.507 e. The normalized spacial score (nSPS) is 15.9. The third-order valence-electron chi connectivity index (χ3n) is 3.09. The van der Waals surface area contributed by atoms with Gasteiger partial charge in [-0.3, -0.25) is 9.59 Å². The molecule has 22 heavy (non-hydrogen) atoms. The highest BCUT2D eigenvalue weighted by Gasteiger charge is 2.23. The van der Waals surface area contributed by atoms with Crippen LogP contribution in [0.5, 0.6) is 11.5 Å². The Hall–Kier alpha value is -2.66. The van der Waals surface area contributed by atoms with Crippen molar-refractivity contribution in [2.24, 2.45) is 0 Å². The van der Waals surface area contributed by atoms with E-state index in [1.807, 2.05) is 0 Å². The second-order valence-electron chi connectivity index (χ2n) is 4.77. The lowest BCUT2D eigenvalue weighted by Gasteiger charge is -2.20. The summed E-state index contributed by atoms with van der Waals surface area (Å²) in [5.74, 6) is 0.346. The molecule has 5 heteroatoms. The molecule has 1 unspecified atom stereocenters. The molecule has 0 saturated carbocycles. The highest BCUT2D eigenvalue weighted by Crippen LogP contribution is 2.25. The first kappa shape index (κ1) is 15.7. The van der Waals surface area contributed by atoms with Gasteiger partial charge in [-0.1, -0.05) is 24.3 Å². The predicted molar refractivity (Wildman–Crippen MR) is 80.1 cm³/mol. The highest BCUT2D eigenvalue weighted by molar-refractivity contribution is 5.99. The molecular formula is C17H16O5. The summed E-state index contributed by atoms with van der Waals surface area (Å²) in [5.41, 5.74) is 0.935. The number of ether oxygens (including phenoxy) is 1. The molecule has 1 atom stereocenters. The van der Waals surface area contributed by atoms with Crippen molar-refractivity contribution in [2.75, 3.05) is 0 Å². The van der Waals surface area contributed by atoms with E-state index in [-0.39, 0.29) is 23.7 Å². The smallest absolute Gasteiger partial charge is 0.204 e. The maximum atomic E-state index is 11.3. The summed E-state index contributed by atoms with van der Waals surface area (Å²) in [6.45, 7) is 1.43. The molecule has 2 aromatic rings. The van der Waals surface area contributed by atoms with Gasteiger partial charge < -0.3 is 14.9 Å². The quantitative estimate of drug-likeness (QED) is 0.791. The van der Waals surface area contributed by atoms with Crippen molar-refractivity contribution in [1.82, 2.24) is 0 Å². The first-order valence-corrected chi connectivity index (χ1v) is 6.75. The number of hydrogen-bond acceptors (Lipinski definition) is 5. The van der Waals surface area contributed by atoms with Gasteiger partial charge in [-0.25, -0.2) is 0 Å². The van der Waals surface area contributed by atoms with Gasteiger partial charge in [0.05, 0.1) is 17.5 Å². The number of fused-ring (bicyclic) bond motifs is 1. The summed E-state index contributed by atoms with van der Waals surface area (Å²) < 4.78 is 5.04. The number of phenolic OH excluding ortho intramolecular Hbond substituents is 1. The number of phenols is 1. The molecular weight excluding hydrogens is 284 g/mol. The van der Waals surface area contributed by atoms with Gasteiger partial charge in [-0.15, -0.1) is 0 Å². The Balaban J connectivity index is 0.000000164. The zero-order chi connectivity index (χ0) is 16.1. The van der Waals surface area contributed by atoms with Crippen LogP contribution >= 0.6 is 0 Å². The molecule has 2 aromatic carbocycles. The molecule has 0 bridgehead atoms. The summed E-state index contributed by atoms with van der Waals surface area (Å²) >= 11 is 0. The molecule has 0 spiro atoms. The number of hydrogen-bond donors (Lipinski definition) is 2. The third kappa shape index (κ3) is 3.71. The predicted octanol–water partition coefficient (Wildman–Crippen LogP) is 2.57. The van der Waals surface area contributed by atoms with Crippen molar-refractivity contribution in [3.8, 4) is 11.5 Å². The number of para-hydroxylation sites is 2. The third-order valence-corrected chi connectivity index (χ3v) is 3.09. The van der Waals surface area contributed by atoms with E-state index in [9.17, 15) is 9.59 Å². The lowest BCUT2D eigenvalue weighted by molar-refractivity contribution is -0.0246. The molecule has 0 fully saturated rings. The summed E-state index contributed by atoms with van der Waals surface area (Å²) in [6, 6.07) is 13.4. The number of aromatic hydroxyl groups is 1. The molecule has 0 aliphatic carbocycles. The fourth-order valence-corrected chi connectivity index (χ4v) is 2.03. The first-order chi connectivity index (χ1) is 10.5. The van der Waals surface area contributed by atoms with Crippen molar-refractivity contribution in [1.29, 1.82) is 0 Å². The number of rotatable bonds is 1. The number of benzene rings is 2. The van der Waals surface area contributed by atoms with Gasteiger partial charge in [-0.05, 0) is 31.2 Å². The van der Waals surface area contributed by atoms with Crippen molar-refractivity contribution in [2.45, 2.75) is 19.6 Å². The highest BCUT2D eigenvalue weighted by atomic mass is 16.6. The molecule has 3 rings (SSSR count). The molecule has 114 valence electrons. The average Bonchev–Trinajstić information content (AvgIpc) is 2.48. The van der Waals surface area contributed by atoms with Crippen molar-refractivity contribution in [3.05, 3.63) is 59.7 Å². The Morgan fingerprint density at radius 3 is 2.41 bits per heavy atom. The van der Waals surface area contributed by atoms with Crippen LogP contribution in [0.4, 0.5) is 0 Å². The SMILES string of the molecule is CC(=O)c1ccccc1O.O=C1CC(O)Oc2ccccc21. The van der Waals surface area contributed by atoms with Gasteiger partial charge >= 0.3 is 0 Å². The van der Waals surface area contributed by atoms with Crippen LogP contribution in [0, 0.1) is 0 Å². The van der Waals surface area contributed by atoms with Crippen molar-refractivity contribution in [3.63, 3.8) is 0 Å². The van der Waals surface area contributed by atoms with Gasteiger partial charge in [0.1, 0.15) is 11.5 Å². The van der Waals surface area contributed by atoms with Gasteiger partial charge in [0.25, 0.3) is 0 Å². The summed E-state index contributed by atoms with van der Waals surface area (Å²) in [7, 11) is 0. The van der Waals surface area contributed by atoms with Gasteiger partial charge in [0, 0.05) is 0 Å². The maximum Gasteiger partial charge on any atom is 0.204 e. The number of Topliss-reactive ketones (excluding diaryl/α,β-unsaturated/α-hetero) is 2. The molecule has 0 aromatic heterocycles. The van der Waals surface area contributed by atoms with Crippen LogP contribution in [0.1, 0.15) is 34.1 Å². The van der Waals surface area contributed by atoms with E-state index in [0.717, 1.165) is 0 Å². The number of carbonyl (C=O) groups excluding carboxylic acids is 2. The molecule has 1 aliphatic heterocycles. The first-order valence-electron chi connectivity index (χ1n) is 6.75. The Labute approximate surface area is 127 Å². The summed E-state index contributed by atoms with van der Waals surface area (Å²) in [6.07, 6.45) is -0.927. The second-order valence-corrected chi connectivity index (χ2v) is 4.77. The second kappa shape index (κ2) is 6.87. The molecule has 0 saturated heterocycles. The van der Waals surface area contributed by atoms with Crippen LogP contribution in [-0.2, 0) is 0 Å². The van der Waals surface area contributed by atoms with E-state index in [0.29, 0.717) is 16.9 Å². The molecule has 5 nitrogen and oxygen atoms in total. The Morgan fingerprint density at radius 2 is 1.77 bits per heavy atom. The number of aliphatic hydroxyl groups is 1. The minimum absolute atomic E-state index is 0.0509. The Kier molecular flexibility index (Phi) is 4.91. The molecule has 1 heterocycles. The minimum Gasteiger partial charge on any atom is -0.507 e. The van der Waals surface area contributed by atoms with Crippen LogP contribution in [0.3, 0.4) is 0 Å². The van der Waals surface area contributed by atoms with E-state index in [1.54, 1.807) is 42.5 Å². The van der Waals surface area contributed by atoms with Crippen molar-refractivity contribution >= 4 is 11.6 Å². The summed E-state index contributed by atoms with van der Waals surface area (Å²) in [4.78, 5) is 22.0. The monoisotopic (exact) mass is 300 g/mol. The van der Waals surface area contributed by atoms with Crippen LogP contribution in [-0.4, -0.2) is 28.1 Å². The van der Waals surface area contributed by atoms with E-state index in [1.165, 1.54) is 13.0 Å². The van der Waals surface area contributed by atoms with E-state index in [2.05, 4.69) is 0 Å². The lowest BCUT2D eigenvalue weighted by atomic mass is 10.0. The van der Waals surface area contributed by atoms with Crippen LogP contribution < -0.4 is 4.74 Å². The van der Waals surface area contributed by atoms with Crippen LogP contribution in [0.15, 0.2) is 48.5 Å². The fourth-order valence-electron chi connectivity index (χ4n) is 2.03. The van der Waals surface area contributed by atoms with Gasteiger partial charge in [-0.2, -0.15) is 0 Å². The molecule has 1 aliphatic rings. The fraction of sp³-hybridized carbons (Fsp3) is 0.176.